The topological polar surface area (TPSA) is 41.7 Å². The van der Waals surface area contributed by atoms with Crippen LogP contribution in [0.2, 0.25) is 0 Å². The van der Waals surface area contributed by atoms with Gasteiger partial charge in [-0.3, -0.25) is 0 Å². The second kappa shape index (κ2) is 6.16. The zero-order valence-corrected chi connectivity index (χ0v) is 12.5. The van der Waals surface area contributed by atoms with Gasteiger partial charge in [-0.05, 0) is 36.5 Å². The number of nitrogens with two attached hydrogens (primary N) is 1. The fourth-order valence-electron chi connectivity index (χ4n) is 2.05. The van der Waals surface area contributed by atoms with Crippen molar-refractivity contribution in [3.63, 3.8) is 0 Å². The fourth-order valence-corrected chi connectivity index (χ4v) is 2.55. The molecule has 0 atom stereocenters. The molecule has 0 aromatic heterocycles. The summed E-state index contributed by atoms with van der Waals surface area (Å²) in [5.74, 6) is 0.838. The number of methoxy groups -OCH3 is 1. The number of rotatable bonds is 2. The lowest BCUT2D eigenvalue weighted by atomic mass is 10.2. The van der Waals surface area contributed by atoms with E-state index < -0.39 is 0 Å². The highest BCUT2D eigenvalue weighted by Gasteiger charge is 2.20. The van der Waals surface area contributed by atoms with Crippen LogP contribution in [0, 0.1) is 0 Å². The zero-order valence-electron chi connectivity index (χ0n) is 10.8. The van der Waals surface area contributed by atoms with E-state index in [1.165, 1.54) is 0 Å². The van der Waals surface area contributed by atoms with Crippen LogP contribution in [0.5, 0.6) is 5.75 Å². The van der Waals surface area contributed by atoms with Gasteiger partial charge in [0.15, 0.2) is 5.11 Å². The van der Waals surface area contributed by atoms with E-state index in [1.54, 1.807) is 7.11 Å². The fraction of sp³-hybridized carbons (Fsp3) is 0.385. The minimum Gasteiger partial charge on any atom is -0.497 e. The molecule has 0 bridgehead atoms. The SMILES string of the molecule is COc1ccc(C(=S)N2CCN(C(N)=S)CC2)cc1. The molecule has 0 saturated carbocycles. The van der Waals surface area contributed by atoms with Crippen molar-refractivity contribution in [3.05, 3.63) is 29.8 Å². The number of nitrogens with zero attached hydrogens (tertiary/aromatic N) is 2. The molecule has 0 radical (unpaired) electrons. The summed E-state index contributed by atoms with van der Waals surface area (Å²) in [6.07, 6.45) is 0. The summed E-state index contributed by atoms with van der Waals surface area (Å²) in [7, 11) is 1.66. The third-order valence-electron chi connectivity index (χ3n) is 3.22. The minimum absolute atomic E-state index is 0.468. The second-order valence-corrected chi connectivity index (χ2v) is 5.15. The lowest BCUT2D eigenvalue weighted by Crippen LogP contribution is -2.51. The van der Waals surface area contributed by atoms with Crippen LogP contribution in [0.3, 0.4) is 0 Å². The Morgan fingerprint density at radius 3 is 2.05 bits per heavy atom. The molecule has 1 aliphatic rings. The van der Waals surface area contributed by atoms with Crippen molar-refractivity contribution in [2.24, 2.45) is 5.73 Å². The number of piperazine rings is 1. The molecule has 0 aliphatic carbocycles. The van der Waals surface area contributed by atoms with Gasteiger partial charge in [0.25, 0.3) is 0 Å². The van der Waals surface area contributed by atoms with E-state index in [0.717, 1.165) is 42.5 Å². The second-order valence-electron chi connectivity index (χ2n) is 4.35. The molecule has 1 aliphatic heterocycles. The lowest BCUT2D eigenvalue weighted by Gasteiger charge is -2.36. The van der Waals surface area contributed by atoms with Crippen LogP contribution in [0.15, 0.2) is 24.3 Å². The Morgan fingerprint density at radius 1 is 1.05 bits per heavy atom. The molecule has 102 valence electrons. The molecular weight excluding hydrogens is 278 g/mol. The van der Waals surface area contributed by atoms with E-state index in [9.17, 15) is 0 Å². The summed E-state index contributed by atoms with van der Waals surface area (Å²) < 4.78 is 5.14. The van der Waals surface area contributed by atoms with Crippen LogP contribution in [0.4, 0.5) is 0 Å². The molecule has 0 unspecified atom stereocenters. The first-order valence-corrected chi connectivity index (χ1v) is 6.91. The third kappa shape index (κ3) is 3.33. The summed E-state index contributed by atoms with van der Waals surface area (Å²) in [5, 5.41) is 0.468. The average molecular weight is 295 g/mol. The van der Waals surface area contributed by atoms with Crippen LogP contribution < -0.4 is 10.5 Å². The predicted molar refractivity (Wildman–Crippen MR) is 84.6 cm³/mol. The maximum absolute atomic E-state index is 5.62. The largest absolute Gasteiger partial charge is 0.497 e. The third-order valence-corrected chi connectivity index (χ3v) is 3.97. The Labute approximate surface area is 124 Å². The average Bonchev–Trinajstić information content (AvgIpc) is 2.46. The molecule has 2 N–H and O–H groups in total. The van der Waals surface area contributed by atoms with E-state index >= 15 is 0 Å². The number of benzene rings is 1. The van der Waals surface area contributed by atoms with Gasteiger partial charge in [0.05, 0.1) is 7.11 Å². The van der Waals surface area contributed by atoms with Gasteiger partial charge >= 0.3 is 0 Å². The van der Waals surface area contributed by atoms with Crippen LogP contribution in [0.25, 0.3) is 0 Å². The highest BCUT2D eigenvalue weighted by molar-refractivity contribution is 7.80. The summed E-state index contributed by atoms with van der Waals surface area (Å²) >= 11 is 10.5. The van der Waals surface area contributed by atoms with Crippen molar-refractivity contribution in [1.29, 1.82) is 0 Å². The van der Waals surface area contributed by atoms with Gasteiger partial charge in [-0.1, -0.05) is 12.2 Å². The van der Waals surface area contributed by atoms with Crippen LogP contribution >= 0.6 is 24.4 Å². The molecule has 0 amide bonds. The summed E-state index contributed by atoms with van der Waals surface area (Å²) in [6.45, 7) is 3.35. The molecule has 0 spiro atoms. The van der Waals surface area contributed by atoms with Gasteiger partial charge in [-0.15, -0.1) is 0 Å². The molecule has 1 aromatic rings. The van der Waals surface area contributed by atoms with Crippen molar-refractivity contribution in [3.8, 4) is 5.75 Å². The highest BCUT2D eigenvalue weighted by Crippen LogP contribution is 2.15. The Balaban J connectivity index is 1.98. The van der Waals surface area contributed by atoms with Gasteiger partial charge in [-0.2, -0.15) is 0 Å². The van der Waals surface area contributed by atoms with E-state index in [1.807, 2.05) is 29.2 Å². The van der Waals surface area contributed by atoms with Crippen LogP contribution in [0.1, 0.15) is 5.56 Å². The van der Waals surface area contributed by atoms with Gasteiger partial charge in [-0.25, -0.2) is 0 Å². The normalized spacial score (nSPS) is 15.2. The molecule has 1 heterocycles. The first-order valence-electron chi connectivity index (χ1n) is 6.09. The molecular formula is C13H17N3OS2. The van der Waals surface area contributed by atoms with E-state index in [4.69, 9.17) is 34.9 Å². The van der Waals surface area contributed by atoms with Crippen molar-refractivity contribution in [2.45, 2.75) is 0 Å². The molecule has 2 rings (SSSR count). The molecule has 1 fully saturated rings. The monoisotopic (exact) mass is 295 g/mol. The first-order chi connectivity index (χ1) is 9.11. The lowest BCUT2D eigenvalue weighted by molar-refractivity contribution is 0.263. The standard InChI is InChI=1S/C13H17N3OS2/c1-17-11-4-2-10(3-5-11)12(18)15-6-8-16(9-7-15)13(14)19/h2-5H,6-9H2,1H3,(H2,14,19). The predicted octanol–water partition coefficient (Wildman–Crippen LogP) is 1.23. The van der Waals surface area contributed by atoms with Crippen molar-refractivity contribution in [1.82, 2.24) is 9.80 Å². The molecule has 19 heavy (non-hydrogen) atoms. The number of hydrogen-bond acceptors (Lipinski definition) is 3. The maximum atomic E-state index is 5.62. The molecule has 4 nitrogen and oxygen atoms in total. The molecule has 1 aromatic carbocycles. The van der Waals surface area contributed by atoms with Gasteiger partial charge < -0.3 is 20.3 Å². The van der Waals surface area contributed by atoms with E-state index in [-0.39, 0.29) is 0 Å². The Hall–Kier alpha value is -1.40. The highest BCUT2D eigenvalue weighted by atomic mass is 32.1. The quantitative estimate of drug-likeness (QED) is 0.828. The Bertz CT molecular complexity index is 467. The Kier molecular flexibility index (Phi) is 4.55. The zero-order chi connectivity index (χ0) is 13.8. The van der Waals surface area contributed by atoms with Crippen molar-refractivity contribution >= 4 is 34.5 Å². The van der Waals surface area contributed by atoms with Crippen molar-refractivity contribution in [2.75, 3.05) is 33.3 Å². The number of thiocarbonyl (C=S) groups is 2. The smallest absolute Gasteiger partial charge is 0.166 e. The van der Waals surface area contributed by atoms with E-state index in [2.05, 4.69) is 4.90 Å². The molecule has 6 heteroatoms. The molecule has 1 saturated heterocycles. The van der Waals surface area contributed by atoms with Crippen molar-refractivity contribution < 1.29 is 4.74 Å². The first kappa shape index (κ1) is 14.0. The van der Waals surface area contributed by atoms with Gasteiger partial charge in [0, 0.05) is 31.7 Å². The summed E-state index contributed by atoms with van der Waals surface area (Å²) in [6, 6.07) is 7.82. The van der Waals surface area contributed by atoms with Crippen LogP contribution in [-0.2, 0) is 0 Å². The number of ether oxygens (including phenoxy) is 1. The van der Waals surface area contributed by atoms with Gasteiger partial charge in [0.1, 0.15) is 10.7 Å². The minimum atomic E-state index is 0.468. The number of hydrogen-bond donors (Lipinski definition) is 1. The van der Waals surface area contributed by atoms with Crippen LogP contribution in [-0.4, -0.2) is 53.2 Å². The van der Waals surface area contributed by atoms with Gasteiger partial charge in [0.2, 0.25) is 0 Å². The van der Waals surface area contributed by atoms with E-state index in [0.29, 0.717) is 5.11 Å². The Morgan fingerprint density at radius 2 is 1.58 bits per heavy atom. The maximum Gasteiger partial charge on any atom is 0.166 e. The summed E-state index contributed by atoms with van der Waals surface area (Å²) in [5.41, 5.74) is 6.67. The summed E-state index contributed by atoms with van der Waals surface area (Å²) in [4.78, 5) is 5.05.